The maximum atomic E-state index is 12.6. The van der Waals surface area contributed by atoms with E-state index in [1.54, 1.807) is 22.8 Å². The quantitative estimate of drug-likeness (QED) is 0.323. The fourth-order valence-corrected chi connectivity index (χ4v) is 4.02. The third-order valence-corrected chi connectivity index (χ3v) is 5.80. The molecule has 4 rings (SSSR count). The molecule has 0 fully saturated rings. The summed E-state index contributed by atoms with van der Waals surface area (Å²) in [5, 5.41) is 14.7. The van der Waals surface area contributed by atoms with Crippen LogP contribution in [0.5, 0.6) is 5.75 Å². The standard InChI is InChI=1S/C23H23Cl2N5O4/c1-29-20-19(21(32)28-23(29)33)30(22(27-20)26-10-9-14-5-3-2-4-6-14)12-16(31)13-34-18-8-7-15(24)11-17(18)25/h2-8,11,16,31H,9-10,12-13H2,1H3,(H,26,27)(H,28,32,33)/t16-/m0/s1. The number of nitrogens with one attached hydrogen (secondary N) is 2. The maximum Gasteiger partial charge on any atom is 0.329 e. The molecule has 11 heteroatoms. The van der Waals surface area contributed by atoms with Crippen molar-refractivity contribution >= 4 is 40.3 Å². The van der Waals surface area contributed by atoms with Crippen LogP contribution in [0.3, 0.4) is 0 Å². The van der Waals surface area contributed by atoms with Crippen LogP contribution in [0, 0.1) is 0 Å². The van der Waals surface area contributed by atoms with Gasteiger partial charge in [0, 0.05) is 18.6 Å². The summed E-state index contributed by atoms with van der Waals surface area (Å²) in [7, 11) is 1.52. The fraction of sp³-hybridized carbons (Fsp3) is 0.261. The van der Waals surface area contributed by atoms with Crippen molar-refractivity contribution < 1.29 is 9.84 Å². The van der Waals surface area contributed by atoms with Crippen LogP contribution in [0.2, 0.25) is 10.0 Å². The molecule has 0 aliphatic rings. The van der Waals surface area contributed by atoms with E-state index in [2.05, 4.69) is 15.3 Å². The van der Waals surface area contributed by atoms with Gasteiger partial charge in [0.05, 0.1) is 11.6 Å². The van der Waals surface area contributed by atoms with Crippen molar-refractivity contribution in [1.29, 1.82) is 0 Å². The number of halogens is 2. The molecule has 34 heavy (non-hydrogen) atoms. The number of H-pyrrole nitrogens is 1. The van der Waals surface area contributed by atoms with E-state index in [0.717, 1.165) is 12.0 Å². The van der Waals surface area contributed by atoms with Gasteiger partial charge in [0.25, 0.3) is 5.56 Å². The van der Waals surface area contributed by atoms with Crippen LogP contribution in [0.25, 0.3) is 11.2 Å². The van der Waals surface area contributed by atoms with Crippen LogP contribution in [0.15, 0.2) is 58.1 Å². The number of ether oxygens (including phenoxy) is 1. The molecule has 0 spiro atoms. The first-order valence-electron chi connectivity index (χ1n) is 10.6. The second kappa shape index (κ2) is 10.3. The van der Waals surface area contributed by atoms with Crippen LogP contribution >= 0.6 is 23.2 Å². The van der Waals surface area contributed by atoms with E-state index in [9.17, 15) is 14.7 Å². The van der Waals surface area contributed by atoms with Gasteiger partial charge in [-0.1, -0.05) is 53.5 Å². The molecule has 1 atom stereocenters. The highest BCUT2D eigenvalue weighted by atomic mass is 35.5. The lowest BCUT2D eigenvalue weighted by atomic mass is 10.1. The summed E-state index contributed by atoms with van der Waals surface area (Å²) >= 11 is 12.0. The van der Waals surface area contributed by atoms with Crippen molar-refractivity contribution in [3.8, 4) is 5.75 Å². The Labute approximate surface area is 204 Å². The minimum Gasteiger partial charge on any atom is -0.489 e. The van der Waals surface area contributed by atoms with Gasteiger partial charge in [-0.15, -0.1) is 0 Å². The highest BCUT2D eigenvalue weighted by molar-refractivity contribution is 6.35. The molecule has 2 heterocycles. The van der Waals surface area contributed by atoms with Crippen molar-refractivity contribution in [3.05, 3.63) is 85.0 Å². The molecular weight excluding hydrogens is 481 g/mol. The van der Waals surface area contributed by atoms with E-state index in [-0.39, 0.29) is 24.3 Å². The number of aliphatic hydroxyl groups is 1. The minimum absolute atomic E-state index is 0.00331. The summed E-state index contributed by atoms with van der Waals surface area (Å²) in [5.74, 6) is 0.739. The summed E-state index contributed by atoms with van der Waals surface area (Å²) in [4.78, 5) is 31.4. The number of imidazole rings is 1. The lowest BCUT2D eigenvalue weighted by Crippen LogP contribution is -2.31. The van der Waals surface area contributed by atoms with Crippen molar-refractivity contribution in [1.82, 2.24) is 19.1 Å². The van der Waals surface area contributed by atoms with Gasteiger partial charge < -0.3 is 19.7 Å². The van der Waals surface area contributed by atoms with Gasteiger partial charge >= 0.3 is 5.69 Å². The molecular formula is C23H23Cl2N5O4. The molecule has 4 aromatic rings. The summed E-state index contributed by atoms with van der Waals surface area (Å²) in [6, 6.07) is 14.7. The number of aliphatic hydroxyl groups excluding tert-OH is 1. The van der Waals surface area contributed by atoms with Crippen LogP contribution in [0.4, 0.5) is 5.95 Å². The molecule has 0 amide bonds. The topological polar surface area (TPSA) is 114 Å². The Hall–Kier alpha value is -3.27. The summed E-state index contributed by atoms with van der Waals surface area (Å²) in [6.45, 7) is 0.441. The molecule has 2 aromatic carbocycles. The highest BCUT2D eigenvalue weighted by Crippen LogP contribution is 2.27. The highest BCUT2D eigenvalue weighted by Gasteiger charge is 2.20. The fourth-order valence-electron chi connectivity index (χ4n) is 3.55. The van der Waals surface area contributed by atoms with Gasteiger partial charge in [0.2, 0.25) is 5.95 Å². The Morgan fingerprint density at radius 1 is 1.18 bits per heavy atom. The number of aromatic amines is 1. The number of aromatic nitrogens is 4. The monoisotopic (exact) mass is 503 g/mol. The second-order valence-corrected chi connectivity index (χ2v) is 8.58. The summed E-state index contributed by atoms with van der Waals surface area (Å²) < 4.78 is 8.44. The SMILES string of the molecule is Cn1c(=O)[nH]c(=O)c2c1nc(NCCc1ccccc1)n2C[C@H](O)COc1ccc(Cl)cc1Cl. The van der Waals surface area contributed by atoms with E-state index < -0.39 is 17.4 Å². The third kappa shape index (κ3) is 5.27. The lowest BCUT2D eigenvalue weighted by molar-refractivity contribution is 0.0939. The van der Waals surface area contributed by atoms with E-state index in [1.165, 1.54) is 11.6 Å². The molecule has 3 N–H and O–H groups in total. The number of rotatable bonds is 9. The van der Waals surface area contributed by atoms with Crippen molar-refractivity contribution in [2.45, 2.75) is 19.1 Å². The zero-order chi connectivity index (χ0) is 24.2. The zero-order valence-corrected chi connectivity index (χ0v) is 19.8. The van der Waals surface area contributed by atoms with Crippen molar-refractivity contribution in [3.63, 3.8) is 0 Å². The average Bonchev–Trinajstić information content (AvgIpc) is 3.16. The third-order valence-electron chi connectivity index (χ3n) is 5.27. The number of hydrogen-bond donors (Lipinski definition) is 3. The molecule has 0 unspecified atom stereocenters. The van der Waals surface area contributed by atoms with Crippen LogP contribution in [-0.4, -0.2) is 43.5 Å². The van der Waals surface area contributed by atoms with Gasteiger partial charge in [-0.05, 0) is 30.2 Å². The maximum absolute atomic E-state index is 12.6. The predicted molar refractivity (Wildman–Crippen MR) is 132 cm³/mol. The lowest BCUT2D eigenvalue weighted by Gasteiger charge is -2.16. The summed E-state index contributed by atoms with van der Waals surface area (Å²) in [6.07, 6.45) is -0.282. The zero-order valence-electron chi connectivity index (χ0n) is 18.3. The Morgan fingerprint density at radius 3 is 2.68 bits per heavy atom. The largest absolute Gasteiger partial charge is 0.489 e. The summed E-state index contributed by atoms with van der Waals surface area (Å²) in [5.41, 5.74) is 0.365. The first-order valence-corrected chi connectivity index (χ1v) is 11.3. The van der Waals surface area contributed by atoms with Gasteiger partial charge in [0.15, 0.2) is 11.2 Å². The van der Waals surface area contributed by atoms with E-state index in [4.69, 9.17) is 27.9 Å². The molecule has 0 saturated carbocycles. The van der Waals surface area contributed by atoms with E-state index >= 15 is 0 Å². The van der Waals surface area contributed by atoms with Crippen LogP contribution in [-0.2, 0) is 20.0 Å². The number of aryl methyl sites for hydroxylation is 1. The number of fused-ring (bicyclic) bond motifs is 1. The molecule has 0 aliphatic carbocycles. The normalized spacial score (nSPS) is 12.1. The minimum atomic E-state index is -1.00. The van der Waals surface area contributed by atoms with Gasteiger partial charge in [-0.25, -0.2) is 4.79 Å². The van der Waals surface area contributed by atoms with E-state index in [0.29, 0.717) is 28.3 Å². The predicted octanol–water partition coefficient (Wildman–Crippen LogP) is 2.82. The van der Waals surface area contributed by atoms with Crippen molar-refractivity contribution in [2.75, 3.05) is 18.5 Å². The molecule has 0 saturated heterocycles. The van der Waals surface area contributed by atoms with E-state index in [1.807, 2.05) is 30.3 Å². The van der Waals surface area contributed by atoms with Gasteiger partial charge in [0.1, 0.15) is 18.5 Å². The molecule has 178 valence electrons. The molecule has 9 nitrogen and oxygen atoms in total. The molecule has 0 bridgehead atoms. The number of benzene rings is 2. The number of anilines is 1. The Bertz CT molecular complexity index is 1410. The number of hydrogen-bond acceptors (Lipinski definition) is 6. The second-order valence-electron chi connectivity index (χ2n) is 7.74. The Kier molecular flexibility index (Phi) is 7.26. The molecule has 2 aromatic heterocycles. The van der Waals surface area contributed by atoms with Crippen molar-refractivity contribution in [2.24, 2.45) is 7.05 Å². The molecule has 0 aliphatic heterocycles. The van der Waals surface area contributed by atoms with Crippen LogP contribution < -0.4 is 21.3 Å². The first kappa shape index (κ1) is 23.9. The average molecular weight is 504 g/mol. The number of nitrogens with zero attached hydrogens (tertiary/aromatic N) is 3. The van der Waals surface area contributed by atoms with Gasteiger partial charge in [-0.2, -0.15) is 4.98 Å². The smallest absolute Gasteiger partial charge is 0.329 e. The Morgan fingerprint density at radius 2 is 1.94 bits per heavy atom. The Balaban J connectivity index is 1.57. The van der Waals surface area contributed by atoms with Gasteiger partial charge in [-0.3, -0.25) is 14.3 Å². The molecule has 0 radical (unpaired) electrons. The van der Waals surface area contributed by atoms with Crippen LogP contribution in [0.1, 0.15) is 5.56 Å². The first-order chi connectivity index (χ1) is 16.3.